The average Bonchev–Trinajstić information content (AvgIpc) is 2.49. The van der Waals surface area contributed by atoms with E-state index in [0.29, 0.717) is 16.7 Å². The third-order valence-corrected chi connectivity index (χ3v) is 4.66. The van der Waals surface area contributed by atoms with Gasteiger partial charge >= 0.3 is 0 Å². The summed E-state index contributed by atoms with van der Waals surface area (Å²) in [6, 6.07) is 7.04. The van der Waals surface area contributed by atoms with Gasteiger partial charge in [0, 0.05) is 12.0 Å². The molecular weight excluding hydrogens is 328 g/mol. The van der Waals surface area contributed by atoms with Gasteiger partial charge in [0.25, 0.3) is 5.56 Å². The van der Waals surface area contributed by atoms with Gasteiger partial charge in [-0.05, 0) is 37.5 Å². The van der Waals surface area contributed by atoms with Crippen molar-refractivity contribution in [1.29, 1.82) is 0 Å². The molecule has 1 aliphatic rings. The van der Waals surface area contributed by atoms with Gasteiger partial charge in [-0.25, -0.2) is 4.98 Å². The molecule has 0 amide bonds. The number of nitrogens with zero attached hydrogens (tertiary/aromatic N) is 2. The van der Waals surface area contributed by atoms with E-state index in [2.05, 4.69) is 4.98 Å². The number of aryl methyl sites for hydroxylation is 1. The van der Waals surface area contributed by atoms with Crippen molar-refractivity contribution in [2.45, 2.75) is 44.8 Å². The summed E-state index contributed by atoms with van der Waals surface area (Å²) in [5, 5.41) is 10.6. The molecular formula is C18H21ClN2O3. The van der Waals surface area contributed by atoms with E-state index in [1.54, 1.807) is 12.1 Å². The topological polar surface area (TPSA) is 64.3 Å². The van der Waals surface area contributed by atoms with Gasteiger partial charge in [-0.15, -0.1) is 0 Å². The van der Waals surface area contributed by atoms with Crippen LogP contribution in [0, 0.1) is 6.92 Å². The van der Waals surface area contributed by atoms with E-state index in [0.717, 1.165) is 24.1 Å². The lowest BCUT2D eigenvalue weighted by Gasteiger charge is -2.24. The second-order valence-corrected chi connectivity index (χ2v) is 6.74. The fourth-order valence-electron chi connectivity index (χ4n) is 2.69. The highest BCUT2D eigenvalue weighted by atomic mass is 35.5. The quantitative estimate of drug-likeness (QED) is 0.871. The minimum Gasteiger partial charge on any atom is -0.489 e. The van der Waals surface area contributed by atoms with E-state index in [1.165, 1.54) is 17.3 Å². The molecule has 1 aromatic carbocycles. The Labute approximate surface area is 145 Å². The van der Waals surface area contributed by atoms with Gasteiger partial charge in [-0.1, -0.05) is 24.1 Å². The standard InChI is InChI=1S/C18H21ClN2O3/c1-12-5-6-15(19)17(7-12)24-10-14(22)9-21-11-20-16(8-18(21)23)13-3-2-4-13/h5-8,11,13-14,22H,2-4,9-10H2,1H3/t14-/m1/s1. The fraction of sp³-hybridized carbons (Fsp3) is 0.444. The SMILES string of the molecule is Cc1ccc(Cl)c(OC[C@H](O)Cn2cnc(C3CCC3)cc2=O)c1. The molecule has 0 bridgehead atoms. The Morgan fingerprint density at radius 1 is 1.42 bits per heavy atom. The van der Waals surface area contributed by atoms with E-state index < -0.39 is 6.10 Å². The number of halogens is 1. The lowest BCUT2D eigenvalue weighted by molar-refractivity contribution is 0.0913. The van der Waals surface area contributed by atoms with E-state index >= 15 is 0 Å². The third-order valence-electron chi connectivity index (χ3n) is 4.35. The maximum atomic E-state index is 12.1. The molecule has 24 heavy (non-hydrogen) atoms. The van der Waals surface area contributed by atoms with Crippen LogP contribution in [0.5, 0.6) is 5.75 Å². The first-order valence-electron chi connectivity index (χ1n) is 8.16. The molecule has 128 valence electrons. The highest BCUT2D eigenvalue weighted by Gasteiger charge is 2.21. The second kappa shape index (κ2) is 7.36. The molecule has 1 saturated carbocycles. The van der Waals surface area contributed by atoms with Crippen LogP contribution in [0.1, 0.15) is 36.4 Å². The summed E-state index contributed by atoms with van der Waals surface area (Å²) < 4.78 is 6.97. The summed E-state index contributed by atoms with van der Waals surface area (Å²) in [6.45, 7) is 2.13. The van der Waals surface area contributed by atoms with Crippen molar-refractivity contribution in [3.8, 4) is 5.75 Å². The predicted molar refractivity (Wildman–Crippen MR) is 92.8 cm³/mol. The molecule has 0 spiro atoms. The highest BCUT2D eigenvalue weighted by molar-refractivity contribution is 6.32. The number of aromatic nitrogens is 2. The zero-order chi connectivity index (χ0) is 17.1. The van der Waals surface area contributed by atoms with Crippen LogP contribution in [-0.2, 0) is 6.54 Å². The summed E-state index contributed by atoms with van der Waals surface area (Å²) in [7, 11) is 0. The smallest absolute Gasteiger partial charge is 0.253 e. The first-order valence-corrected chi connectivity index (χ1v) is 8.54. The number of benzene rings is 1. The van der Waals surface area contributed by atoms with Gasteiger partial charge in [-0.2, -0.15) is 0 Å². The molecule has 1 N–H and O–H groups in total. The molecule has 0 saturated heterocycles. The van der Waals surface area contributed by atoms with Crippen LogP contribution in [0.15, 0.2) is 35.4 Å². The minimum absolute atomic E-state index is 0.0555. The van der Waals surface area contributed by atoms with Crippen molar-refractivity contribution in [1.82, 2.24) is 9.55 Å². The van der Waals surface area contributed by atoms with Crippen LogP contribution in [0.2, 0.25) is 5.02 Å². The monoisotopic (exact) mass is 348 g/mol. The van der Waals surface area contributed by atoms with E-state index in [9.17, 15) is 9.90 Å². The fourth-order valence-corrected chi connectivity index (χ4v) is 2.86. The summed E-state index contributed by atoms with van der Waals surface area (Å²) in [5.74, 6) is 0.950. The molecule has 5 nitrogen and oxygen atoms in total. The van der Waals surface area contributed by atoms with Crippen molar-refractivity contribution in [2.75, 3.05) is 6.61 Å². The Morgan fingerprint density at radius 2 is 2.21 bits per heavy atom. The van der Waals surface area contributed by atoms with Crippen LogP contribution in [-0.4, -0.2) is 27.4 Å². The Morgan fingerprint density at radius 3 is 2.88 bits per heavy atom. The first kappa shape index (κ1) is 17.0. The Bertz CT molecular complexity index is 771. The van der Waals surface area contributed by atoms with E-state index in [4.69, 9.17) is 16.3 Å². The average molecular weight is 349 g/mol. The Kier molecular flexibility index (Phi) is 5.21. The highest BCUT2D eigenvalue weighted by Crippen LogP contribution is 2.34. The van der Waals surface area contributed by atoms with Gasteiger partial charge < -0.3 is 9.84 Å². The van der Waals surface area contributed by atoms with Crippen LogP contribution in [0.3, 0.4) is 0 Å². The lowest BCUT2D eigenvalue weighted by atomic mass is 9.83. The zero-order valence-electron chi connectivity index (χ0n) is 13.6. The Hall–Kier alpha value is -1.85. The zero-order valence-corrected chi connectivity index (χ0v) is 14.4. The molecule has 2 aromatic rings. The van der Waals surface area contributed by atoms with Crippen LogP contribution < -0.4 is 10.3 Å². The molecule has 1 fully saturated rings. The van der Waals surface area contributed by atoms with Gasteiger partial charge in [0.1, 0.15) is 18.5 Å². The van der Waals surface area contributed by atoms with Crippen LogP contribution in [0.4, 0.5) is 0 Å². The minimum atomic E-state index is -0.823. The molecule has 1 heterocycles. The lowest BCUT2D eigenvalue weighted by Crippen LogP contribution is -2.31. The van der Waals surface area contributed by atoms with Crippen LogP contribution >= 0.6 is 11.6 Å². The maximum Gasteiger partial charge on any atom is 0.253 e. The number of ether oxygens (including phenoxy) is 1. The summed E-state index contributed by atoms with van der Waals surface area (Å²) in [4.78, 5) is 16.5. The number of hydrogen-bond donors (Lipinski definition) is 1. The van der Waals surface area contributed by atoms with E-state index in [-0.39, 0.29) is 18.7 Å². The summed E-state index contributed by atoms with van der Waals surface area (Å²) in [6.07, 6.45) is 4.09. The van der Waals surface area contributed by atoms with Gasteiger partial charge in [0.15, 0.2) is 0 Å². The maximum absolute atomic E-state index is 12.1. The number of aliphatic hydroxyl groups excluding tert-OH is 1. The van der Waals surface area contributed by atoms with Crippen LogP contribution in [0.25, 0.3) is 0 Å². The molecule has 1 aliphatic carbocycles. The second-order valence-electron chi connectivity index (χ2n) is 6.33. The van der Waals surface area contributed by atoms with Crippen molar-refractivity contribution < 1.29 is 9.84 Å². The van der Waals surface area contributed by atoms with Gasteiger partial charge in [-0.3, -0.25) is 9.36 Å². The summed E-state index contributed by atoms with van der Waals surface area (Å²) in [5.41, 5.74) is 1.75. The van der Waals surface area contributed by atoms with Crippen molar-refractivity contribution in [2.24, 2.45) is 0 Å². The molecule has 0 aliphatic heterocycles. The summed E-state index contributed by atoms with van der Waals surface area (Å²) >= 11 is 6.06. The molecule has 6 heteroatoms. The Balaban J connectivity index is 1.59. The van der Waals surface area contributed by atoms with Gasteiger partial charge in [0.05, 0.1) is 23.6 Å². The predicted octanol–water partition coefficient (Wildman–Crippen LogP) is 2.91. The molecule has 1 aromatic heterocycles. The van der Waals surface area contributed by atoms with Crippen molar-refractivity contribution in [3.63, 3.8) is 0 Å². The first-order chi connectivity index (χ1) is 11.5. The molecule has 0 unspecified atom stereocenters. The van der Waals surface area contributed by atoms with Crippen molar-refractivity contribution in [3.05, 3.63) is 57.2 Å². The van der Waals surface area contributed by atoms with Gasteiger partial charge in [0.2, 0.25) is 0 Å². The largest absolute Gasteiger partial charge is 0.489 e. The number of hydrogen-bond acceptors (Lipinski definition) is 4. The molecule has 1 atom stereocenters. The molecule has 0 radical (unpaired) electrons. The number of rotatable bonds is 6. The third kappa shape index (κ3) is 3.97. The normalized spacial score (nSPS) is 15.8. The van der Waals surface area contributed by atoms with Crippen molar-refractivity contribution >= 4 is 11.6 Å². The molecule has 3 rings (SSSR count). The number of aliphatic hydroxyl groups is 1. The van der Waals surface area contributed by atoms with E-state index in [1.807, 2.05) is 19.1 Å².